The van der Waals surface area contributed by atoms with Crippen LogP contribution in [0.15, 0.2) is 4.99 Å². The molecule has 1 aliphatic rings. The fraction of sp³-hybridized carbons (Fsp3) is 0.909. The summed E-state index contributed by atoms with van der Waals surface area (Å²) >= 11 is 1.68. The van der Waals surface area contributed by atoms with Crippen LogP contribution in [0.4, 0.5) is 13.2 Å². The Bertz CT molecular complexity index is 278. The number of alkyl halides is 3. The van der Waals surface area contributed by atoms with Gasteiger partial charge in [0.15, 0.2) is 5.17 Å². The molecule has 0 amide bonds. The first-order valence-corrected chi connectivity index (χ1v) is 7.98. The number of aliphatic imine (C=N–C) groups is 1. The molecule has 0 aliphatic carbocycles. The molecule has 7 heteroatoms. The summed E-state index contributed by atoms with van der Waals surface area (Å²) < 4.78 is 35.7. The van der Waals surface area contributed by atoms with E-state index in [1.807, 2.05) is 0 Å². The van der Waals surface area contributed by atoms with Gasteiger partial charge in [-0.3, -0.25) is 4.99 Å². The topological polar surface area (TPSA) is 24.4 Å². The van der Waals surface area contributed by atoms with Crippen LogP contribution in [-0.4, -0.2) is 34.8 Å². The van der Waals surface area contributed by atoms with Crippen molar-refractivity contribution in [2.45, 2.75) is 37.4 Å². The maximum Gasteiger partial charge on any atom is 0.441 e. The molecule has 0 aromatic heterocycles. The normalized spacial score (nSPS) is 20.3. The predicted molar refractivity (Wildman–Crippen MR) is 74.3 cm³/mol. The van der Waals surface area contributed by atoms with Crippen molar-refractivity contribution in [1.82, 2.24) is 5.32 Å². The van der Waals surface area contributed by atoms with Gasteiger partial charge in [0.1, 0.15) is 0 Å². The maximum absolute atomic E-state index is 11.9. The van der Waals surface area contributed by atoms with Crippen molar-refractivity contribution < 1.29 is 13.2 Å². The lowest BCUT2D eigenvalue weighted by Crippen LogP contribution is -2.24. The van der Waals surface area contributed by atoms with Crippen LogP contribution in [0.25, 0.3) is 0 Å². The zero-order chi connectivity index (χ0) is 13.6. The number of halogens is 3. The minimum atomic E-state index is -4.13. The molecule has 0 aromatic rings. The van der Waals surface area contributed by atoms with E-state index < -0.39 is 5.51 Å². The van der Waals surface area contributed by atoms with Crippen LogP contribution in [0.1, 0.15) is 26.7 Å². The summed E-state index contributed by atoms with van der Waals surface area (Å²) in [7, 11) is 0. The molecule has 1 aliphatic heterocycles. The van der Waals surface area contributed by atoms with Crippen molar-refractivity contribution in [3.63, 3.8) is 0 Å². The number of amidine groups is 1. The van der Waals surface area contributed by atoms with Gasteiger partial charge in [-0.05, 0) is 17.7 Å². The van der Waals surface area contributed by atoms with Gasteiger partial charge in [0.05, 0.1) is 6.54 Å². The third-order valence-electron chi connectivity index (χ3n) is 2.90. The highest BCUT2D eigenvalue weighted by molar-refractivity contribution is 8.14. The summed E-state index contributed by atoms with van der Waals surface area (Å²) in [5, 5.41) is 4.26. The fourth-order valence-corrected chi connectivity index (χ4v) is 3.66. The van der Waals surface area contributed by atoms with Gasteiger partial charge in [0.25, 0.3) is 0 Å². The Labute approximate surface area is 115 Å². The Kier molecular flexibility index (Phi) is 6.70. The highest BCUT2D eigenvalue weighted by Gasteiger charge is 2.28. The van der Waals surface area contributed by atoms with Gasteiger partial charge in [-0.1, -0.05) is 38.5 Å². The number of nitrogens with one attached hydrogen (secondary N) is 1. The molecule has 0 bridgehead atoms. The summed E-state index contributed by atoms with van der Waals surface area (Å²) in [6.07, 6.45) is 2.25. The molecule has 2 nitrogen and oxygen atoms in total. The largest absolute Gasteiger partial charge is 0.441 e. The van der Waals surface area contributed by atoms with E-state index in [0.717, 1.165) is 24.6 Å². The number of thioether (sulfide) groups is 2. The smallest absolute Gasteiger partial charge is 0.364 e. The average Bonchev–Trinajstić information content (AvgIpc) is 2.74. The Hall–Kier alpha value is -0.0400. The molecule has 0 aromatic carbocycles. The molecular formula is C11H19F3N2S2. The van der Waals surface area contributed by atoms with Crippen molar-refractivity contribution in [3.05, 3.63) is 0 Å². The Morgan fingerprint density at radius 1 is 1.44 bits per heavy atom. The van der Waals surface area contributed by atoms with Crippen LogP contribution in [0, 0.1) is 5.92 Å². The lowest BCUT2D eigenvalue weighted by atomic mass is 9.99. The zero-order valence-electron chi connectivity index (χ0n) is 10.6. The van der Waals surface area contributed by atoms with E-state index in [4.69, 9.17) is 0 Å². The molecule has 1 unspecified atom stereocenters. The van der Waals surface area contributed by atoms with E-state index in [0.29, 0.717) is 17.7 Å². The van der Waals surface area contributed by atoms with Gasteiger partial charge in [-0.15, -0.1) is 0 Å². The highest BCUT2D eigenvalue weighted by atomic mass is 32.2. The number of hydrogen-bond donors (Lipinski definition) is 1. The maximum atomic E-state index is 11.9. The van der Waals surface area contributed by atoms with Crippen molar-refractivity contribution in [3.8, 4) is 0 Å². The molecular weight excluding hydrogens is 281 g/mol. The van der Waals surface area contributed by atoms with E-state index in [-0.39, 0.29) is 17.5 Å². The number of hydrogen-bond acceptors (Lipinski definition) is 4. The van der Waals surface area contributed by atoms with Gasteiger partial charge in [0, 0.05) is 17.5 Å². The Balaban J connectivity index is 2.18. The van der Waals surface area contributed by atoms with Crippen LogP contribution in [0.3, 0.4) is 0 Å². The van der Waals surface area contributed by atoms with Crippen molar-refractivity contribution in [2.24, 2.45) is 10.9 Å². The second kappa shape index (κ2) is 7.53. The van der Waals surface area contributed by atoms with Gasteiger partial charge in [-0.25, -0.2) is 0 Å². The fourth-order valence-electron chi connectivity index (χ4n) is 1.87. The van der Waals surface area contributed by atoms with Crippen LogP contribution < -0.4 is 5.32 Å². The molecule has 0 spiro atoms. The minimum absolute atomic E-state index is 0.00629. The molecule has 1 rings (SSSR count). The first kappa shape index (κ1) is 16.0. The van der Waals surface area contributed by atoms with Gasteiger partial charge >= 0.3 is 5.51 Å². The second-order valence-corrected chi connectivity index (χ2v) is 6.49. The third kappa shape index (κ3) is 5.73. The molecule has 1 atom stereocenters. The SMILES string of the molecule is CCC(CC)C1CN=C(NCCSC(F)(F)F)S1. The highest BCUT2D eigenvalue weighted by Crippen LogP contribution is 2.31. The van der Waals surface area contributed by atoms with Crippen molar-refractivity contribution in [2.75, 3.05) is 18.8 Å². The molecule has 1 N–H and O–H groups in total. The number of rotatable bonds is 6. The summed E-state index contributed by atoms with van der Waals surface area (Å²) in [6, 6.07) is 0. The lowest BCUT2D eigenvalue weighted by Gasteiger charge is -2.18. The average molecular weight is 300 g/mol. The third-order valence-corrected chi connectivity index (χ3v) is 4.97. The van der Waals surface area contributed by atoms with Crippen LogP contribution >= 0.6 is 23.5 Å². The first-order valence-electron chi connectivity index (χ1n) is 6.12. The van der Waals surface area contributed by atoms with Gasteiger partial charge < -0.3 is 5.32 Å². The number of nitrogens with zero attached hydrogens (tertiary/aromatic N) is 1. The molecule has 1 heterocycles. The predicted octanol–water partition coefficient (Wildman–Crippen LogP) is 3.74. The summed E-state index contributed by atoms with van der Waals surface area (Å²) in [4.78, 5) is 4.35. The van der Waals surface area contributed by atoms with Crippen LogP contribution in [0.5, 0.6) is 0 Å². The lowest BCUT2D eigenvalue weighted by molar-refractivity contribution is -0.0327. The molecule has 0 saturated carbocycles. The van der Waals surface area contributed by atoms with Crippen molar-refractivity contribution in [1.29, 1.82) is 0 Å². The first-order chi connectivity index (χ1) is 8.46. The van der Waals surface area contributed by atoms with E-state index in [1.54, 1.807) is 11.8 Å². The molecule has 0 saturated heterocycles. The van der Waals surface area contributed by atoms with Gasteiger partial charge in [0.2, 0.25) is 0 Å². The van der Waals surface area contributed by atoms with Crippen LogP contribution in [0.2, 0.25) is 0 Å². The summed E-state index contributed by atoms with van der Waals surface area (Å²) in [6.45, 7) is 5.43. The molecule has 106 valence electrons. The van der Waals surface area contributed by atoms with E-state index in [1.165, 1.54) is 0 Å². The Morgan fingerprint density at radius 3 is 2.67 bits per heavy atom. The monoisotopic (exact) mass is 300 g/mol. The van der Waals surface area contributed by atoms with E-state index in [2.05, 4.69) is 24.2 Å². The van der Waals surface area contributed by atoms with E-state index >= 15 is 0 Å². The summed E-state index contributed by atoms with van der Waals surface area (Å²) in [5.74, 6) is 0.668. The van der Waals surface area contributed by atoms with Crippen molar-refractivity contribution >= 4 is 28.7 Å². The zero-order valence-corrected chi connectivity index (χ0v) is 12.2. The standard InChI is InChI=1S/C11H19F3N2S2/c1-3-8(4-2)9-7-16-10(18-9)15-5-6-17-11(12,13)14/h8-9H,3-7H2,1-2H3,(H,15,16). The molecule has 0 fully saturated rings. The Morgan fingerprint density at radius 2 is 2.11 bits per heavy atom. The van der Waals surface area contributed by atoms with E-state index in [9.17, 15) is 13.2 Å². The summed E-state index contributed by atoms with van der Waals surface area (Å²) in [5.41, 5.74) is -4.13. The molecule has 0 radical (unpaired) electrons. The van der Waals surface area contributed by atoms with Crippen LogP contribution in [-0.2, 0) is 0 Å². The molecule has 18 heavy (non-hydrogen) atoms. The van der Waals surface area contributed by atoms with Gasteiger partial charge in [-0.2, -0.15) is 13.2 Å². The minimum Gasteiger partial charge on any atom is -0.364 e. The quantitative estimate of drug-likeness (QED) is 0.756. The second-order valence-electron chi connectivity index (χ2n) is 4.10.